The van der Waals surface area contributed by atoms with Crippen LogP contribution in [0.3, 0.4) is 0 Å². The highest BCUT2D eigenvalue weighted by Gasteiger charge is 2.09. The lowest BCUT2D eigenvalue weighted by Gasteiger charge is -2.10. The molecule has 4 heteroatoms. The standard InChI is InChI=1S/C24H21NO3/c1-26-23-15-21(14-13-19-9-5-3-6-10-19)22(16-24(23)27-2)17-25-28-18-20-11-7-4-8-12-20/h3-12,15-17H,18H2,1-2H3/b25-17+. The summed E-state index contributed by atoms with van der Waals surface area (Å²) in [4.78, 5) is 5.42. The van der Waals surface area contributed by atoms with E-state index in [0.717, 1.165) is 22.3 Å². The number of oxime groups is 1. The SMILES string of the molecule is COc1cc(C#Cc2ccccc2)c(/C=N/OCc2ccccc2)cc1OC. The van der Waals surface area contributed by atoms with Crippen molar-refractivity contribution in [2.45, 2.75) is 6.61 Å². The first-order chi connectivity index (χ1) is 13.8. The van der Waals surface area contributed by atoms with Crippen LogP contribution in [-0.2, 0) is 11.4 Å². The topological polar surface area (TPSA) is 40.0 Å². The second kappa shape index (κ2) is 9.84. The molecule has 0 heterocycles. The molecule has 0 aliphatic rings. The van der Waals surface area contributed by atoms with Crippen LogP contribution in [0.5, 0.6) is 11.5 Å². The van der Waals surface area contributed by atoms with Crippen molar-refractivity contribution in [2.24, 2.45) is 5.16 Å². The maximum Gasteiger partial charge on any atom is 0.162 e. The van der Waals surface area contributed by atoms with Crippen molar-refractivity contribution in [1.82, 2.24) is 0 Å². The second-order valence-electron chi connectivity index (χ2n) is 5.90. The zero-order chi connectivity index (χ0) is 19.6. The molecule has 0 bridgehead atoms. The van der Waals surface area contributed by atoms with Crippen molar-refractivity contribution in [3.05, 3.63) is 95.1 Å². The van der Waals surface area contributed by atoms with E-state index in [9.17, 15) is 0 Å². The number of rotatable bonds is 6. The Morgan fingerprint density at radius 3 is 2.14 bits per heavy atom. The average molecular weight is 371 g/mol. The number of benzene rings is 3. The Kier molecular flexibility index (Phi) is 6.70. The summed E-state index contributed by atoms with van der Waals surface area (Å²) in [6.45, 7) is 0.398. The molecule has 0 saturated carbocycles. The Balaban J connectivity index is 1.85. The minimum absolute atomic E-state index is 0.398. The van der Waals surface area contributed by atoms with E-state index in [-0.39, 0.29) is 0 Å². The molecule has 0 spiro atoms. The Morgan fingerprint density at radius 1 is 0.821 bits per heavy atom. The molecule has 0 aliphatic carbocycles. The van der Waals surface area contributed by atoms with Gasteiger partial charge in [-0.1, -0.05) is 65.5 Å². The van der Waals surface area contributed by atoms with E-state index < -0.39 is 0 Å². The van der Waals surface area contributed by atoms with Crippen molar-refractivity contribution in [2.75, 3.05) is 14.2 Å². The van der Waals surface area contributed by atoms with Gasteiger partial charge in [-0.25, -0.2) is 0 Å². The molecule has 0 N–H and O–H groups in total. The number of hydrogen-bond acceptors (Lipinski definition) is 4. The molecule has 4 nitrogen and oxygen atoms in total. The van der Waals surface area contributed by atoms with Gasteiger partial charge in [-0.05, 0) is 23.8 Å². The fourth-order valence-electron chi connectivity index (χ4n) is 2.55. The normalized spacial score (nSPS) is 10.2. The molecular weight excluding hydrogens is 350 g/mol. The van der Waals surface area contributed by atoms with Gasteiger partial charge >= 0.3 is 0 Å². The van der Waals surface area contributed by atoms with Crippen molar-refractivity contribution < 1.29 is 14.3 Å². The molecule has 0 aliphatic heterocycles. The van der Waals surface area contributed by atoms with E-state index >= 15 is 0 Å². The van der Waals surface area contributed by atoms with E-state index in [1.54, 1.807) is 20.4 Å². The average Bonchev–Trinajstić information content (AvgIpc) is 2.76. The first kappa shape index (κ1) is 19.1. The number of methoxy groups -OCH3 is 2. The van der Waals surface area contributed by atoms with Crippen LogP contribution in [0.15, 0.2) is 78.0 Å². The zero-order valence-corrected chi connectivity index (χ0v) is 15.9. The smallest absolute Gasteiger partial charge is 0.162 e. The summed E-state index contributed by atoms with van der Waals surface area (Å²) in [6, 6.07) is 23.4. The lowest BCUT2D eigenvalue weighted by molar-refractivity contribution is 0.132. The number of nitrogens with zero attached hydrogens (tertiary/aromatic N) is 1. The Morgan fingerprint density at radius 2 is 1.46 bits per heavy atom. The summed E-state index contributed by atoms with van der Waals surface area (Å²) in [6.07, 6.45) is 1.64. The molecule has 3 rings (SSSR count). The Hall–Kier alpha value is -3.71. The van der Waals surface area contributed by atoms with Crippen molar-refractivity contribution in [3.63, 3.8) is 0 Å². The van der Waals surface area contributed by atoms with E-state index in [4.69, 9.17) is 14.3 Å². The van der Waals surface area contributed by atoms with E-state index in [1.165, 1.54) is 0 Å². The van der Waals surface area contributed by atoms with Crippen molar-refractivity contribution >= 4 is 6.21 Å². The largest absolute Gasteiger partial charge is 0.493 e. The number of hydrogen-bond donors (Lipinski definition) is 0. The predicted octanol–water partition coefficient (Wildman–Crippen LogP) is 4.65. The van der Waals surface area contributed by atoms with Crippen LogP contribution in [-0.4, -0.2) is 20.4 Å². The lowest BCUT2D eigenvalue weighted by atomic mass is 10.1. The predicted molar refractivity (Wildman–Crippen MR) is 111 cm³/mol. The van der Waals surface area contributed by atoms with Crippen LogP contribution in [0, 0.1) is 11.8 Å². The van der Waals surface area contributed by atoms with Crippen LogP contribution in [0.2, 0.25) is 0 Å². The van der Waals surface area contributed by atoms with Gasteiger partial charge in [0.15, 0.2) is 11.5 Å². The molecule has 0 fully saturated rings. The molecular formula is C24H21NO3. The molecule has 0 radical (unpaired) electrons. The highest BCUT2D eigenvalue weighted by atomic mass is 16.6. The van der Waals surface area contributed by atoms with Gasteiger partial charge in [-0.15, -0.1) is 0 Å². The molecule has 0 amide bonds. The summed E-state index contributed by atoms with van der Waals surface area (Å²) in [7, 11) is 3.20. The third-order valence-corrected chi connectivity index (χ3v) is 4.01. The molecule has 3 aromatic rings. The van der Waals surface area contributed by atoms with Crippen LogP contribution in [0.25, 0.3) is 0 Å². The third-order valence-electron chi connectivity index (χ3n) is 4.01. The van der Waals surface area contributed by atoms with Crippen molar-refractivity contribution in [1.29, 1.82) is 0 Å². The monoisotopic (exact) mass is 371 g/mol. The lowest BCUT2D eigenvalue weighted by Crippen LogP contribution is -1.96. The van der Waals surface area contributed by atoms with Gasteiger partial charge in [0.05, 0.1) is 20.4 Å². The van der Waals surface area contributed by atoms with Crippen molar-refractivity contribution in [3.8, 4) is 23.3 Å². The second-order valence-corrected chi connectivity index (χ2v) is 5.90. The van der Waals surface area contributed by atoms with E-state index in [2.05, 4.69) is 17.0 Å². The summed E-state index contributed by atoms with van der Waals surface area (Å²) in [5.74, 6) is 7.56. The highest BCUT2D eigenvalue weighted by Crippen LogP contribution is 2.29. The van der Waals surface area contributed by atoms with Gasteiger partial charge in [0.1, 0.15) is 6.61 Å². The molecule has 0 atom stereocenters. The zero-order valence-electron chi connectivity index (χ0n) is 15.9. The van der Waals surface area contributed by atoms with Gasteiger partial charge in [-0.2, -0.15) is 0 Å². The van der Waals surface area contributed by atoms with Gasteiger partial charge < -0.3 is 14.3 Å². The van der Waals surface area contributed by atoms with Gasteiger partial charge in [0.25, 0.3) is 0 Å². The van der Waals surface area contributed by atoms with Crippen LogP contribution < -0.4 is 9.47 Å². The van der Waals surface area contributed by atoms with E-state index in [1.807, 2.05) is 72.8 Å². The maximum atomic E-state index is 5.42. The van der Waals surface area contributed by atoms with Gasteiger partial charge in [0.2, 0.25) is 0 Å². The summed E-state index contributed by atoms with van der Waals surface area (Å²) in [5, 5.41) is 4.09. The van der Waals surface area contributed by atoms with Crippen LogP contribution in [0.1, 0.15) is 22.3 Å². The summed E-state index contributed by atoms with van der Waals surface area (Å²) in [5.41, 5.74) is 3.54. The Bertz CT molecular complexity index is 987. The minimum Gasteiger partial charge on any atom is -0.493 e. The Labute approximate surface area is 165 Å². The molecule has 140 valence electrons. The fourth-order valence-corrected chi connectivity index (χ4v) is 2.55. The minimum atomic E-state index is 0.398. The third kappa shape index (κ3) is 5.15. The fraction of sp³-hybridized carbons (Fsp3) is 0.125. The molecule has 0 unspecified atom stereocenters. The van der Waals surface area contributed by atoms with Gasteiger partial charge in [0, 0.05) is 22.8 Å². The number of ether oxygens (including phenoxy) is 2. The summed E-state index contributed by atoms with van der Waals surface area (Å²) < 4.78 is 10.8. The first-order valence-electron chi connectivity index (χ1n) is 8.82. The molecule has 0 aromatic heterocycles. The first-order valence-corrected chi connectivity index (χ1v) is 8.82. The van der Waals surface area contributed by atoms with Gasteiger partial charge in [-0.3, -0.25) is 0 Å². The van der Waals surface area contributed by atoms with E-state index in [0.29, 0.717) is 18.1 Å². The highest BCUT2D eigenvalue weighted by molar-refractivity contribution is 5.85. The van der Waals surface area contributed by atoms with Crippen LogP contribution in [0.4, 0.5) is 0 Å². The quantitative estimate of drug-likeness (QED) is 0.360. The molecule has 28 heavy (non-hydrogen) atoms. The summed E-state index contributed by atoms with van der Waals surface area (Å²) >= 11 is 0. The van der Waals surface area contributed by atoms with Crippen LogP contribution >= 0.6 is 0 Å². The maximum absolute atomic E-state index is 5.42. The molecule has 0 saturated heterocycles. The molecule has 3 aromatic carbocycles.